The molecule has 2 aromatic rings. The lowest BCUT2D eigenvalue weighted by Crippen LogP contribution is -2.00. The largest absolute Gasteiger partial charge is 0.330 e. The Morgan fingerprint density at radius 1 is 1.43 bits per heavy atom. The lowest BCUT2D eigenvalue weighted by atomic mass is 10.1. The molecule has 0 saturated heterocycles. The van der Waals surface area contributed by atoms with Crippen molar-refractivity contribution in [3.63, 3.8) is 0 Å². The first kappa shape index (κ1) is 9.21. The maximum atomic E-state index is 5.49. The highest BCUT2D eigenvalue weighted by Crippen LogP contribution is 2.13. The van der Waals surface area contributed by atoms with Crippen LogP contribution in [0.15, 0.2) is 24.4 Å². The molecule has 0 aromatic carbocycles. The molecule has 0 aliphatic heterocycles. The molecule has 2 aromatic heterocycles. The first-order chi connectivity index (χ1) is 6.83. The average molecular weight is 189 g/mol. The van der Waals surface area contributed by atoms with Gasteiger partial charge in [-0.25, -0.2) is 4.52 Å². The molecule has 2 rings (SSSR count). The highest BCUT2D eigenvalue weighted by Gasteiger charge is 2.03. The molecule has 0 atom stereocenters. The molecule has 14 heavy (non-hydrogen) atoms. The molecule has 0 aliphatic carbocycles. The van der Waals surface area contributed by atoms with E-state index in [-0.39, 0.29) is 0 Å². The van der Waals surface area contributed by atoms with Crippen LogP contribution in [0.4, 0.5) is 0 Å². The summed E-state index contributed by atoms with van der Waals surface area (Å²) in [6.07, 6.45) is 3.98. The smallest absolute Gasteiger partial charge is 0.0696 e. The van der Waals surface area contributed by atoms with E-state index < -0.39 is 0 Å². The third-order valence-corrected chi connectivity index (χ3v) is 2.46. The van der Waals surface area contributed by atoms with Crippen molar-refractivity contribution in [2.24, 2.45) is 5.73 Å². The molecule has 2 N–H and O–H groups in total. The van der Waals surface area contributed by atoms with Crippen molar-refractivity contribution in [3.8, 4) is 0 Å². The molecular formula is C11H15N3. The average Bonchev–Trinajstić information content (AvgIpc) is 2.60. The monoisotopic (exact) mass is 189 g/mol. The second-order valence-corrected chi connectivity index (χ2v) is 3.53. The summed E-state index contributed by atoms with van der Waals surface area (Å²) < 4.78 is 1.98. The number of hydrogen-bond acceptors (Lipinski definition) is 2. The SMILES string of the molecule is Cc1cccc2c(CCCN)cnn12. The molecule has 0 amide bonds. The van der Waals surface area contributed by atoms with E-state index in [0.717, 1.165) is 19.4 Å². The molecule has 0 bridgehead atoms. The number of rotatable bonds is 3. The summed E-state index contributed by atoms with van der Waals surface area (Å²) in [4.78, 5) is 0. The first-order valence-electron chi connectivity index (χ1n) is 4.95. The van der Waals surface area contributed by atoms with Crippen molar-refractivity contribution in [1.29, 1.82) is 0 Å². The van der Waals surface area contributed by atoms with Gasteiger partial charge in [0.1, 0.15) is 0 Å². The Morgan fingerprint density at radius 3 is 3.07 bits per heavy atom. The third kappa shape index (κ3) is 1.51. The molecule has 3 nitrogen and oxygen atoms in total. The van der Waals surface area contributed by atoms with Crippen LogP contribution in [0.1, 0.15) is 17.7 Å². The van der Waals surface area contributed by atoms with Gasteiger partial charge in [0.15, 0.2) is 0 Å². The minimum Gasteiger partial charge on any atom is -0.330 e. The van der Waals surface area contributed by atoms with Crippen LogP contribution in [0.3, 0.4) is 0 Å². The maximum absolute atomic E-state index is 5.49. The maximum Gasteiger partial charge on any atom is 0.0696 e. The molecule has 2 heterocycles. The number of hydrogen-bond donors (Lipinski definition) is 1. The topological polar surface area (TPSA) is 43.3 Å². The van der Waals surface area contributed by atoms with Crippen LogP contribution in [0.5, 0.6) is 0 Å². The summed E-state index contributed by atoms with van der Waals surface area (Å²) in [6.45, 7) is 2.80. The fourth-order valence-corrected chi connectivity index (χ4v) is 1.68. The second-order valence-electron chi connectivity index (χ2n) is 3.53. The molecule has 0 radical (unpaired) electrons. The zero-order valence-corrected chi connectivity index (χ0v) is 8.40. The zero-order chi connectivity index (χ0) is 9.97. The Morgan fingerprint density at radius 2 is 2.29 bits per heavy atom. The lowest BCUT2D eigenvalue weighted by molar-refractivity contribution is 0.837. The third-order valence-electron chi connectivity index (χ3n) is 2.46. The van der Waals surface area contributed by atoms with Crippen molar-refractivity contribution >= 4 is 5.52 Å². The highest BCUT2D eigenvalue weighted by molar-refractivity contribution is 5.54. The Balaban J connectivity index is 2.42. The van der Waals surface area contributed by atoms with Gasteiger partial charge in [0, 0.05) is 5.69 Å². The van der Waals surface area contributed by atoms with Crippen LogP contribution in [0, 0.1) is 6.92 Å². The van der Waals surface area contributed by atoms with Crippen molar-refractivity contribution in [2.45, 2.75) is 19.8 Å². The Hall–Kier alpha value is -1.35. The number of aromatic nitrogens is 2. The van der Waals surface area contributed by atoms with Gasteiger partial charge in [-0.05, 0) is 44.0 Å². The molecule has 3 heteroatoms. The molecule has 0 fully saturated rings. The Kier molecular flexibility index (Phi) is 2.50. The summed E-state index contributed by atoms with van der Waals surface area (Å²) in [5.41, 5.74) is 9.16. The van der Waals surface area contributed by atoms with Gasteiger partial charge in [0.2, 0.25) is 0 Å². The summed E-state index contributed by atoms with van der Waals surface area (Å²) >= 11 is 0. The molecule has 0 unspecified atom stereocenters. The van der Waals surface area contributed by atoms with E-state index in [1.807, 2.05) is 10.7 Å². The van der Waals surface area contributed by atoms with E-state index in [2.05, 4.69) is 30.2 Å². The molecular weight excluding hydrogens is 174 g/mol. The van der Waals surface area contributed by atoms with Crippen LogP contribution >= 0.6 is 0 Å². The van der Waals surface area contributed by atoms with E-state index in [4.69, 9.17) is 5.73 Å². The van der Waals surface area contributed by atoms with Gasteiger partial charge >= 0.3 is 0 Å². The van der Waals surface area contributed by atoms with Crippen LogP contribution in [0.2, 0.25) is 0 Å². The fraction of sp³-hybridized carbons (Fsp3) is 0.364. The van der Waals surface area contributed by atoms with Crippen LogP contribution in [0.25, 0.3) is 5.52 Å². The van der Waals surface area contributed by atoms with E-state index >= 15 is 0 Å². The van der Waals surface area contributed by atoms with Crippen molar-refractivity contribution < 1.29 is 0 Å². The molecule has 0 spiro atoms. The van der Waals surface area contributed by atoms with Gasteiger partial charge in [-0.3, -0.25) is 0 Å². The first-order valence-corrected chi connectivity index (χ1v) is 4.95. The number of fused-ring (bicyclic) bond motifs is 1. The zero-order valence-electron chi connectivity index (χ0n) is 8.40. The number of pyridine rings is 1. The predicted octanol–water partition coefficient (Wildman–Crippen LogP) is 1.53. The highest BCUT2D eigenvalue weighted by atomic mass is 15.2. The van der Waals surface area contributed by atoms with Crippen LogP contribution in [-0.4, -0.2) is 16.2 Å². The fourth-order valence-electron chi connectivity index (χ4n) is 1.68. The van der Waals surface area contributed by atoms with E-state index in [0.29, 0.717) is 0 Å². The summed E-state index contributed by atoms with van der Waals surface area (Å²) in [5.74, 6) is 0. The summed E-state index contributed by atoms with van der Waals surface area (Å²) in [5, 5.41) is 4.35. The van der Waals surface area contributed by atoms with Crippen LogP contribution < -0.4 is 5.73 Å². The van der Waals surface area contributed by atoms with Crippen molar-refractivity contribution in [2.75, 3.05) is 6.54 Å². The molecule has 0 saturated carbocycles. The lowest BCUT2D eigenvalue weighted by Gasteiger charge is -1.99. The van der Waals surface area contributed by atoms with Gasteiger partial charge in [-0.1, -0.05) is 6.07 Å². The molecule has 74 valence electrons. The Bertz CT molecular complexity index is 431. The van der Waals surface area contributed by atoms with Crippen molar-refractivity contribution in [1.82, 2.24) is 9.61 Å². The minimum atomic E-state index is 0.739. The number of nitrogens with zero attached hydrogens (tertiary/aromatic N) is 2. The predicted molar refractivity (Wildman–Crippen MR) is 57.3 cm³/mol. The van der Waals surface area contributed by atoms with Gasteiger partial charge in [-0.2, -0.15) is 5.10 Å². The van der Waals surface area contributed by atoms with E-state index in [1.54, 1.807) is 0 Å². The van der Waals surface area contributed by atoms with E-state index in [9.17, 15) is 0 Å². The number of nitrogens with two attached hydrogens (primary N) is 1. The number of aryl methyl sites for hydroxylation is 2. The van der Waals surface area contributed by atoms with Gasteiger partial charge in [-0.15, -0.1) is 0 Å². The van der Waals surface area contributed by atoms with Gasteiger partial charge in [0.25, 0.3) is 0 Å². The van der Waals surface area contributed by atoms with Gasteiger partial charge in [0.05, 0.1) is 11.7 Å². The summed E-state index contributed by atoms with van der Waals surface area (Å²) in [7, 11) is 0. The minimum absolute atomic E-state index is 0.739. The summed E-state index contributed by atoms with van der Waals surface area (Å²) in [6, 6.07) is 6.23. The van der Waals surface area contributed by atoms with E-state index in [1.165, 1.54) is 16.8 Å². The normalized spacial score (nSPS) is 11.0. The molecule has 0 aliphatic rings. The quantitative estimate of drug-likeness (QED) is 0.795. The van der Waals surface area contributed by atoms with Gasteiger partial charge < -0.3 is 5.73 Å². The van der Waals surface area contributed by atoms with Crippen LogP contribution in [-0.2, 0) is 6.42 Å². The standard InChI is InChI=1S/C11H15N3/c1-9-4-2-6-11-10(5-3-7-12)8-13-14(9)11/h2,4,6,8H,3,5,7,12H2,1H3. The Labute approximate surface area is 83.5 Å². The second kappa shape index (κ2) is 3.80. The van der Waals surface area contributed by atoms with Crippen molar-refractivity contribution in [3.05, 3.63) is 35.7 Å².